The SMILES string of the molecule is CCCCCCCCCCCCCCCCCCOCC(COP(OC)OCCN(C)C)OC. The maximum absolute atomic E-state index is 5.80. The Morgan fingerprint density at radius 3 is 1.56 bits per heavy atom. The van der Waals surface area contributed by atoms with Gasteiger partial charge in [-0.2, -0.15) is 0 Å². The Morgan fingerprint density at radius 2 is 1.12 bits per heavy atom. The molecule has 0 aliphatic heterocycles. The number of rotatable bonds is 28. The number of likely N-dealkylation sites (N-methyl/N-ethyl adjacent to an activating group) is 1. The van der Waals surface area contributed by atoms with Gasteiger partial charge in [0.25, 0.3) is 0 Å². The maximum Gasteiger partial charge on any atom is 0.332 e. The number of unbranched alkanes of at least 4 members (excludes halogenated alkanes) is 15. The molecule has 6 nitrogen and oxygen atoms in total. The zero-order chi connectivity index (χ0) is 25.1. The van der Waals surface area contributed by atoms with E-state index >= 15 is 0 Å². The predicted octanol–water partition coefficient (Wildman–Crippen LogP) is 7.75. The molecule has 2 atom stereocenters. The summed E-state index contributed by atoms with van der Waals surface area (Å²) in [6, 6.07) is 0. The molecule has 0 saturated heterocycles. The summed E-state index contributed by atoms with van der Waals surface area (Å²) < 4.78 is 27.9. The highest BCUT2D eigenvalue weighted by Crippen LogP contribution is 2.38. The lowest BCUT2D eigenvalue weighted by Gasteiger charge is -2.20. The highest BCUT2D eigenvalue weighted by Gasteiger charge is 2.15. The molecule has 0 aromatic rings. The first-order valence-electron chi connectivity index (χ1n) is 14.0. The van der Waals surface area contributed by atoms with E-state index in [1.165, 1.54) is 96.3 Å². The van der Waals surface area contributed by atoms with E-state index < -0.39 is 8.60 Å². The summed E-state index contributed by atoms with van der Waals surface area (Å²) in [7, 11) is 5.99. The maximum atomic E-state index is 5.80. The topological polar surface area (TPSA) is 49.4 Å². The van der Waals surface area contributed by atoms with Crippen molar-refractivity contribution in [3.05, 3.63) is 0 Å². The van der Waals surface area contributed by atoms with Gasteiger partial charge < -0.3 is 27.9 Å². The van der Waals surface area contributed by atoms with Crippen molar-refractivity contribution in [1.82, 2.24) is 4.90 Å². The lowest BCUT2D eigenvalue weighted by atomic mass is 10.0. The predicted molar refractivity (Wildman–Crippen MR) is 146 cm³/mol. The van der Waals surface area contributed by atoms with Gasteiger partial charge >= 0.3 is 8.60 Å². The van der Waals surface area contributed by atoms with Crippen LogP contribution in [0.3, 0.4) is 0 Å². The lowest BCUT2D eigenvalue weighted by molar-refractivity contribution is -0.0191. The lowest BCUT2D eigenvalue weighted by Crippen LogP contribution is -2.24. The minimum absolute atomic E-state index is 0.0985. The molecule has 0 aromatic heterocycles. The Bertz CT molecular complexity index is 390. The fourth-order valence-electron chi connectivity index (χ4n) is 3.74. The quantitative estimate of drug-likeness (QED) is 0.0797. The van der Waals surface area contributed by atoms with E-state index in [-0.39, 0.29) is 6.10 Å². The van der Waals surface area contributed by atoms with E-state index in [2.05, 4.69) is 11.8 Å². The van der Waals surface area contributed by atoms with Gasteiger partial charge in [0, 0.05) is 27.4 Å². The smallest absolute Gasteiger partial charge is 0.332 e. The molecule has 0 rings (SSSR count). The Hall–Kier alpha value is 0.190. The molecule has 0 aliphatic carbocycles. The van der Waals surface area contributed by atoms with Crippen molar-refractivity contribution < 1.29 is 23.0 Å². The Kier molecular flexibility index (Phi) is 27.9. The molecular weight excluding hydrogens is 449 g/mol. The van der Waals surface area contributed by atoms with E-state index in [4.69, 9.17) is 23.0 Å². The number of ether oxygens (including phenoxy) is 2. The van der Waals surface area contributed by atoms with Gasteiger partial charge in [0.15, 0.2) is 0 Å². The highest BCUT2D eigenvalue weighted by atomic mass is 31.2. The normalized spacial score (nSPS) is 13.6. The second-order valence-corrected chi connectivity index (χ2v) is 10.9. The van der Waals surface area contributed by atoms with Gasteiger partial charge in [-0.15, -0.1) is 0 Å². The molecule has 0 radical (unpaired) electrons. The molecule has 0 bridgehead atoms. The van der Waals surface area contributed by atoms with Gasteiger partial charge in [-0.05, 0) is 20.5 Å². The molecule has 34 heavy (non-hydrogen) atoms. The van der Waals surface area contributed by atoms with Gasteiger partial charge in [-0.1, -0.05) is 103 Å². The molecule has 0 heterocycles. The third-order valence-corrected chi connectivity index (χ3v) is 7.08. The van der Waals surface area contributed by atoms with Crippen LogP contribution in [0.4, 0.5) is 0 Å². The summed E-state index contributed by atoms with van der Waals surface area (Å²) in [5, 5.41) is 0. The van der Waals surface area contributed by atoms with Crippen LogP contribution < -0.4 is 0 Å². The van der Waals surface area contributed by atoms with Crippen molar-refractivity contribution in [3.8, 4) is 0 Å². The summed E-state index contributed by atoms with van der Waals surface area (Å²) >= 11 is 0. The van der Waals surface area contributed by atoms with Crippen LogP contribution in [0.5, 0.6) is 0 Å². The minimum Gasteiger partial charge on any atom is -0.379 e. The third kappa shape index (κ3) is 25.3. The molecular formula is C27H58NO5P. The zero-order valence-corrected chi connectivity index (χ0v) is 24.3. The van der Waals surface area contributed by atoms with Crippen molar-refractivity contribution in [2.75, 3.05) is 61.3 Å². The Morgan fingerprint density at radius 1 is 0.618 bits per heavy atom. The van der Waals surface area contributed by atoms with E-state index in [1.54, 1.807) is 14.2 Å². The highest BCUT2D eigenvalue weighted by molar-refractivity contribution is 7.41. The van der Waals surface area contributed by atoms with Gasteiger partial charge in [-0.25, -0.2) is 0 Å². The molecule has 0 spiro atoms. The van der Waals surface area contributed by atoms with Crippen LogP contribution in [-0.4, -0.2) is 72.3 Å². The Labute approximate surface area is 213 Å². The van der Waals surface area contributed by atoms with Crippen LogP contribution in [0, 0.1) is 0 Å². The van der Waals surface area contributed by atoms with Crippen molar-refractivity contribution in [2.45, 2.75) is 116 Å². The van der Waals surface area contributed by atoms with Crippen LogP contribution in [0.1, 0.15) is 110 Å². The molecule has 0 fully saturated rings. The van der Waals surface area contributed by atoms with Crippen molar-refractivity contribution in [2.24, 2.45) is 0 Å². The summed E-state index contributed by atoms with van der Waals surface area (Å²) in [6.07, 6.45) is 22.0. The first-order chi connectivity index (χ1) is 16.6. The average molecular weight is 508 g/mol. The molecule has 0 N–H and O–H groups in total. The van der Waals surface area contributed by atoms with Crippen LogP contribution >= 0.6 is 8.60 Å². The van der Waals surface area contributed by atoms with Crippen molar-refractivity contribution >= 4 is 8.60 Å². The number of nitrogens with zero attached hydrogens (tertiary/aromatic N) is 1. The summed E-state index contributed by atoms with van der Waals surface area (Å²) in [6.45, 7) is 5.45. The summed E-state index contributed by atoms with van der Waals surface area (Å²) in [5.74, 6) is 0. The fraction of sp³-hybridized carbons (Fsp3) is 1.00. The van der Waals surface area contributed by atoms with Gasteiger partial charge in [0.1, 0.15) is 6.10 Å². The average Bonchev–Trinajstić information content (AvgIpc) is 2.83. The van der Waals surface area contributed by atoms with Crippen LogP contribution in [0.25, 0.3) is 0 Å². The van der Waals surface area contributed by atoms with Crippen LogP contribution in [-0.2, 0) is 23.0 Å². The third-order valence-electron chi connectivity index (χ3n) is 6.03. The van der Waals surface area contributed by atoms with E-state index in [9.17, 15) is 0 Å². The van der Waals surface area contributed by atoms with Crippen LogP contribution in [0.15, 0.2) is 0 Å². The second kappa shape index (κ2) is 27.8. The summed E-state index contributed by atoms with van der Waals surface area (Å²) in [4.78, 5) is 2.06. The standard InChI is InChI=1S/C27H58NO5P/c1-6-7-8-9-10-11-12-13-14-15-16-17-18-19-20-21-23-31-25-27(29-4)26-33-34(30-5)32-24-22-28(2)3/h27H,6-26H2,1-5H3. The van der Waals surface area contributed by atoms with E-state index in [0.717, 1.165) is 19.6 Å². The van der Waals surface area contributed by atoms with Crippen LogP contribution in [0.2, 0.25) is 0 Å². The molecule has 206 valence electrons. The second-order valence-electron chi connectivity index (χ2n) is 9.57. The van der Waals surface area contributed by atoms with Gasteiger partial charge in [0.05, 0.1) is 19.8 Å². The largest absolute Gasteiger partial charge is 0.379 e. The first-order valence-corrected chi connectivity index (χ1v) is 15.1. The van der Waals surface area contributed by atoms with E-state index in [1.807, 2.05) is 14.1 Å². The number of methoxy groups -OCH3 is 1. The molecule has 0 saturated carbocycles. The number of hydrogen-bond donors (Lipinski definition) is 0. The number of hydrogen-bond acceptors (Lipinski definition) is 6. The molecule has 0 aliphatic rings. The van der Waals surface area contributed by atoms with Gasteiger partial charge in [-0.3, -0.25) is 0 Å². The Balaban J connectivity index is 3.41. The first kappa shape index (κ1) is 34.2. The molecule has 2 unspecified atom stereocenters. The zero-order valence-electron chi connectivity index (χ0n) is 23.4. The fourth-order valence-corrected chi connectivity index (χ4v) is 4.54. The monoisotopic (exact) mass is 507 g/mol. The molecule has 7 heteroatoms. The summed E-state index contributed by atoms with van der Waals surface area (Å²) in [5.41, 5.74) is 0. The molecule has 0 amide bonds. The molecule has 0 aromatic carbocycles. The van der Waals surface area contributed by atoms with Crippen molar-refractivity contribution in [3.63, 3.8) is 0 Å². The van der Waals surface area contributed by atoms with E-state index in [0.29, 0.717) is 19.8 Å². The van der Waals surface area contributed by atoms with Crippen molar-refractivity contribution in [1.29, 1.82) is 0 Å². The minimum atomic E-state index is -1.33. The van der Waals surface area contributed by atoms with Gasteiger partial charge in [0.2, 0.25) is 0 Å².